The lowest BCUT2D eigenvalue weighted by atomic mass is 9.57. The molecular formula is C20H36N4O. The van der Waals surface area contributed by atoms with E-state index < -0.39 is 0 Å². The zero-order valence-electron chi connectivity index (χ0n) is 16.3. The van der Waals surface area contributed by atoms with Gasteiger partial charge in [0.15, 0.2) is 5.96 Å². The van der Waals surface area contributed by atoms with Crippen molar-refractivity contribution < 1.29 is 4.74 Å². The second-order valence-corrected chi connectivity index (χ2v) is 9.09. The molecule has 1 saturated carbocycles. The summed E-state index contributed by atoms with van der Waals surface area (Å²) in [7, 11) is 0. The number of hydrogen-bond acceptors (Lipinski definition) is 3. The van der Waals surface area contributed by atoms with E-state index in [0.29, 0.717) is 18.1 Å². The van der Waals surface area contributed by atoms with E-state index in [1.54, 1.807) is 0 Å². The Bertz CT molecular complexity index is 500. The molecule has 4 rings (SSSR count). The molecule has 5 nitrogen and oxygen atoms in total. The second kappa shape index (κ2) is 7.07. The average molecular weight is 349 g/mol. The number of nitrogens with one attached hydrogen (secondary N) is 1. The first-order valence-electron chi connectivity index (χ1n) is 10.5. The SMILES string of the molecule is CCN=C(NC1C2CCOC2C1(C)C)N1CCC(CN2CCCC2)C1. The van der Waals surface area contributed by atoms with E-state index in [-0.39, 0.29) is 5.41 Å². The molecule has 3 heterocycles. The summed E-state index contributed by atoms with van der Waals surface area (Å²) in [5, 5.41) is 3.85. The minimum Gasteiger partial charge on any atom is -0.377 e. The molecule has 142 valence electrons. The fourth-order valence-corrected chi connectivity index (χ4v) is 5.65. The van der Waals surface area contributed by atoms with Crippen molar-refractivity contribution in [3.8, 4) is 0 Å². The predicted octanol–water partition coefficient (Wildman–Crippen LogP) is 2.18. The van der Waals surface area contributed by atoms with E-state index in [2.05, 4.69) is 35.9 Å². The molecule has 3 saturated heterocycles. The Labute approximate surface area is 153 Å². The van der Waals surface area contributed by atoms with Crippen molar-refractivity contribution in [3.05, 3.63) is 0 Å². The first-order chi connectivity index (χ1) is 12.1. The van der Waals surface area contributed by atoms with Crippen molar-refractivity contribution in [2.24, 2.45) is 22.2 Å². The lowest BCUT2D eigenvalue weighted by Gasteiger charge is -2.55. The third-order valence-electron chi connectivity index (χ3n) is 6.99. The molecular weight excluding hydrogens is 312 g/mol. The van der Waals surface area contributed by atoms with Gasteiger partial charge >= 0.3 is 0 Å². The van der Waals surface area contributed by atoms with Crippen LogP contribution < -0.4 is 5.32 Å². The summed E-state index contributed by atoms with van der Waals surface area (Å²) < 4.78 is 5.96. The van der Waals surface area contributed by atoms with E-state index >= 15 is 0 Å². The third-order valence-corrected chi connectivity index (χ3v) is 6.99. The molecule has 0 radical (unpaired) electrons. The molecule has 25 heavy (non-hydrogen) atoms. The Morgan fingerprint density at radius 1 is 1.20 bits per heavy atom. The molecule has 0 bridgehead atoms. The van der Waals surface area contributed by atoms with Crippen molar-refractivity contribution >= 4 is 5.96 Å². The summed E-state index contributed by atoms with van der Waals surface area (Å²) in [5.41, 5.74) is 0.213. The Morgan fingerprint density at radius 3 is 2.76 bits per heavy atom. The van der Waals surface area contributed by atoms with E-state index in [4.69, 9.17) is 9.73 Å². The van der Waals surface area contributed by atoms with Crippen LogP contribution >= 0.6 is 0 Å². The average Bonchev–Trinajstić information content (AvgIpc) is 3.32. The number of guanidine groups is 1. The van der Waals surface area contributed by atoms with Gasteiger partial charge in [0.25, 0.3) is 0 Å². The predicted molar refractivity (Wildman–Crippen MR) is 102 cm³/mol. The molecule has 0 aromatic rings. The molecule has 0 spiro atoms. The number of ether oxygens (including phenoxy) is 1. The van der Waals surface area contributed by atoms with Crippen LogP contribution in [0, 0.1) is 17.3 Å². The fraction of sp³-hybridized carbons (Fsp3) is 0.950. The molecule has 5 heteroatoms. The van der Waals surface area contributed by atoms with Crippen LogP contribution in [-0.2, 0) is 4.74 Å². The summed E-state index contributed by atoms with van der Waals surface area (Å²) in [6.45, 7) is 14.8. The van der Waals surface area contributed by atoms with Gasteiger partial charge in [0.05, 0.1) is 6.10 Å². The van der Waals surface area contributed by atoms with Gasteiger partial charge in [0.1, 0.15) is 0 Å². The summed E-state index contributed by atoms with van der Waals surface area (Å²) in [5.74, 6) is 2.62. The van der Waals surface area contributed by atoms with Crippen LogP contribution in [0.5, 0.6) is 0 Å². The highest BCUT2D eigenvalue weighted by molar-refractivity contribution is 5.81. The van der Waals surface area contributed by atoms with Gasteiger partial charge in [-0.3, -0.25) is 4.99 Å². The van der Waals surface area contributed by atoms with Gasteiger partial charge in [0.2, 0.25) is 0 Å². The van der Waals surface area contributed by atoms with Gasteiger partial charge in [-0.1, -0.05) is 13.8 Å². The molecule has 1 aliphatic carbocycles. The topological polar surface area (TPSA) is 40.1 Å². The van der Waals surface area contributed by atoms with Crippen LogP contribution in [0.4, 0.5) is 0 Å². The third kappa shape index (κ3) is 3.30. The standard InChI is InChI=1S/C20H36N4O/c1-4-21-19(22-17-16-8-12-25-18(16)20(17,2)3)24-11-7-15(14-24)13-23-9-5-6-10-23/h15-18H,4-14H2,1-3H3,(H,21,22). The number of hydrogen-bond donors (Lipinski definition) is 1. The second-order valence-electron chi connectivity index (χ2n) is 9.09. The molecule has 0 aromatic carbocycles. The zero-order valence-corrected chi connectivity index (χ0v) is 16.3. The van der Waals surface area contributed by atoms with Crippen LogP contribution in [0.25, 0.3) is 0 Å². The van der Waals surface area contributed by atoms with E-state index in [9.17, 15) is 0 Å². The van der Waals surface area contributed by atoms with Gasteiger partial charge in [-0.05, 0) is 51.6 Å². The highest BCUT2D eigenvalue weighted by Gasteiger charge is 2.59. The van der Waals surface area contributed by atoms with Gasteiger partial charge < -0.3 is 19.9 Å². The van der Waals surface area contributed by atoms with Crippen molar-refractivity contribution in [2.75, 3.05) is 45.9 Å². The molecule has 4 aliphatic rings. The lowest BCUT2D eigenvalue weighted by Crippen LogP contribution is -2.68. The first-order valence-corrected chi connectivity index (χ1v) is 10.5. The van der Waals surface area contributed by atoms with Crippen molar-refractivity contribution in [3.63, 3.8) is 0 Å². The minimum atomic E-state index is 0.213. The van der Waals surface area contributed by atoms with Gasteiger partial charge in [-0.2, -0.15) is 0 Å². The summed E-state index contributed by atoms with van der Waals surface area (Å²) >= 11 is 0. The number of rotatable bonds is 4. The Balaban J connectivity index is 1.36. The maximum atomic E-state index is 5.96. The molecule has 4 unspecified atom stereocenters. The Hall–Kier alpha value is -0.810. The number of likely N-dealkylation sites (tertiary alicyclic amines) is 2. The Kier molecular flexibility index (Phi) is 4.98. The van der Waals surface area contributed by atoms with Crippen LogP contribution in [0.3, 0.4) is 0 Å². The monoisotopic (exact) mass is 348 g/mol. The van der Waals surface area contributed by atoms with Crippen LogP contribution in [0.15, 0.2) is 4.99 Å². The van der Waals surface area contributed by atoms with Crippen molar-refractivity contribution in [1.29, 1.82) is 0 Å². The quantitative estimate of drug-likeness (QED) is 0.624. The van der Waals surface area contributed by atoms with E-state index in [1.807, 2.05) is 0 Å². The normalized spacial score (nSPS) is 38.0. The van der Waals surface area contributed by atoms with Gasteiger partial charge in [-0.15, -0.1) is 0 Å². The molecule has 0 aromatic heterocycles. The van der Waals surface area contributed by atoms with Crippen LogP contribution in [-0.4, -0.2) is 73.8 Å². The first kappa shape index (κ1) is 17.6. The number of fused-ring (bicyclic) bond motifs is 1. The van der Waals surface area contributed by atoms with Gasteiger partial charge in [-0.25, -0.2) is 0 Å². The molecule has 4 fully saturated rings. The molecule has 1 N–H and O–H groups in total. The highest BCUT2D eigenvalue weighted by Crippen LogP contribution is 2.52. The number of aliphatic imine (C=N–C) groups is 1. The smallest absolute Gasteiger partial charge is 0.194 e. The largest absolute Gasteiger partial charge is 0.377 e. The fourth-order valence-electron chi connectivity index (χ4n) is 5.65. The molecule has 0 amide bonds. The van der Waals surface area contributed by atoms with Gasteiger partial charge in [0, 0.05) is 50.2 Å². The maximum Gasteiger partial charge on any atom is 0.194 e. The molecule has 4 atom stereocenters. The summed E-state index contributed by atoms with van der Waals surface area (Å²) in [6.07, 6.45) is 5.73. The number of nitrogens with zero attached hydrogens (tertiary/aromatic N) is 3. The van der Waals surface area contributed by atoms with E-state index in [0.717, 1.165) is 31.6 Å². The Morgan fingerprint density at radius 2 is 2.00 bits per heavy atom. The zero-order chi connectivity index (χ0) is 17.4. The van der Waals surface area contributed by atoms with Crippen molar-refractivity contribution in [2.45, 2.75) is 58.6 Å². The highest BCUT2D eigenvalue weighted by atomic mass is 16.5. The lowest BCUT2D eigenvalue weighted by molar-refractivity contribution is -0.107. The van der Waals surface area contributed by atoms with Crippen molar-refractivity contribution in [1.82, 2.24) is 15.1 Å². The van der Waals surface area contributed by atoms with E-state index in [1.165, 1.54) is 51.9 Å². The molecule has 3 aliphatic heterocycles. The van der Waals surface area contributed by atoms with Crippen LogP contribution in [0.2, 0.25) is 0 Å². The minimum absolute atomic E-state index is 0.213. The maximum absolute atomic E-state index is 5.96. The summed E-state index contributed by atoms with van der Waals surface area (Å²) in [6, 6.07) is 0.503. The van der Waals surface area contributed by atoms with Crippen LogP contribution in [0.1, 0.15) is 46.5 Å². The summed E-state index contributed by atoms with van der Waals surface area (Å²) in [4.78, 5) is 10.0.